The topological polar surface area (TPSA) is 64.3 Å². The van der Waals surface area contributed by atoms with E-state index in [9.17, 15) is 4.79 Å². The molecular formula is C12H18N2O2. The first-order chi connectivity index (χ1) is 7.69. The number of ether oxygens (including phenoxy) is 1. The van der Waals surface area contributed by atoms with Crippen molar-refractivity contribution in [2.75, 3.05) is 19.4 Å². The van der Waals surface area contributed by atoms with Crippen LogP contribution in [0.25, 0.3) is 0 Å². The first kappa shape index (κ1) is 12.4. The van der Waals surface area contributed by atoms with E-state index in [0.717, 1.165) is 12.8 Å². The molecule has 4 nitrogen and oxygen atoms in total. The molecule has 1 aromatic carbocycles. The van der Waals surface area contributed by atoms with E-state index in [1.54, 1.807) is 25.3 Å². The average molecular weight is 222 g/mol. The molecule has 0 saturated carbocycles. The minimum atomic E-state index is -0.0946. The lowest BCUT2D eigenvalue weighted by Crippen LogP contribution is -2.24. The van der Waals surface area contributed by atoms with Crippen LogP contribution in [0, 0.1) is 0 Å². The molecule has 0 bridgehead atoms. The number of rotatable bonds is 5. The van der Waals surface area contributed by atoms with Crippen LogP contribution < -0.4 is 15.8 Å². The summed E-state index contributed by atoms with van der Waals surface area (Å²) >= 11 is 0. The normalized spacial score (nSPS) is 9.88. The lowest BCUT2D eigenvalue weighted by Gasteiger charge is -2.07. The van der Waals surface area contributed by atoms with Gasteiger partial charge in [-0.2, -0.15) is 0 Å². The lowest BCUT2D eigenvalue weighted by molar-refractivity contribution is 0.0953. The number of nitrogens with one attached hydrogen (secondary N) is 1. The van der Waals surface area contributed by atoms with Crippen LogP contribution in [0.2, 0.25) is 0 Å². The summed E-state index contributed by atoms with van der Waals surface area (Å²) in [5.41, 5.74) is 6.76. The molecule has 16 heavy (non-hydrogen) atoms. The molecule has 1 aromatic rings. The van der Waals surface area contributed by atoms with Gasteiger partial charge >= 0.3 is 0 Å². The molecule has 3 N–H and O–H groups in total. The van der Waals surface area contributed by atoms with Gasteiger partial charge in [-0.05, 0) is 24.6 Å². The van der Waals surface area contributed by atoms with Gasteiger partial charge in [0.05, 0.1) is 12.8 Å². The second-order valence-corrected chi connectivity index (χ2v) is 3.57. The van der Waals surface area contributed by atoms with Crippen molar-refractivity contribution < 1.29 is 9.53 Å². The van der Waals surface area contributed by atoms with Gasteiger partial charge in [0, 0.05) is 12.1 Å². The van der Waals surface area contributed by atoms with Gasteiger partial charge in [0.2, 0.25) is 0 Å². The third kappa shape index (κ3) is 3.15. The molecule has 0 heterocycles. The van der Waals surface area contributed by atoms with Crippen molar-refractivity contribution in [3.05, 3.63) is 23.8 Å². The number of unbranched alkanes of at least 4 members (excludes halogenated alkanes) is 1. The van der Waals surface area contributed by atoms with E-state index in [-0.39, 0.29) is 5.91 Å². The number of carbonyl (C=O) groups is 1. The summed E-state index contributed by atoms with van der Waals surface area (Å²) in [5, 5.41) is 2.83. The number of carbonyl (C=O) groups excluding carboxylic acids is 1. The number of hydrogen-bond donors (Lipinski definition) is 2. The van der Waals surface area contributed by atoms with Crippen molar-refractivity contribution in [2.45, 2.75) is 19.8 Å². The number of nitrogens with two attached hydrogens (primary N) is 1. The van der Waals surface area contributed by atoms with Crippen molar-refractivity contribution in [1.82, 2.24) is 5.32 Å². The van der Waals surface area contributed by atoms with Crippen molar-refractivity contribution in [3.8, 4) is 5.75 Å². The smallest absolute Gasteiger partial charge is 0.251 e. The molecule has 0 aliphatic heterocycles. The standard InChI is InChI=1S/C12H18N2O2/c1-3-4-7-14-12(15)9-5-6-11(16-2)10(13)8-9/h5-6,8H,3-4,7,13H2,1-2H3,(H,14,15). The zero-order chi connectivity index (χ0) is 12.0. The average Bonchev–Trinajstić information content (AvgIpc) is 2.29. The monoisotopic (exact) mass is 222 g/mol. The minimum absolute atomic E-state index is 0.0946. The number of methoxy groups -OCH3 is 1. The number of benzene rings is 1. The Bertz CT molecular complexity index is 364. The molecule has 1 amide bonds. The fraction of sp³-hybridized carbons (Fsp3) is 0.417. The quantitative estimate of drug-likeness (QED) is 0.590. The Morgan fingerprint density at radius 2 is 2.25 bits per heavy atom. The van der Waals surface area contributed by atoms with Crippen LogP contribution in [0.15, 0.2) is 18.2 Å². The van der Waals surface area contributed by atoms with Crippen LogP contribution >= 0.6 is 0 Å². The van der Waals surface area contributed by atoms with Gasteiger partial charge in [-0.1, -0.05) is 13.3 Å². The van der Waals surface area contributed by atoms with Gasteiger partial charge in [0.15, 0.2) is 0 Å². The molecule has 0 spiro atoms. The fourth-order valence-corrected chi connectivity index (χ4v) is 1.36. The Kier molecular flexibility index (Phi) is 4.64. The minimum Gasteiger partial charge on any atom is -0.495 e. The summed E-state index contributed by atoms with van der Waals surface area (Å²) in [6.07, 6.45) is 2.04. The lowest BCUT2D eigenvalue weighted by atomic mass is 10.1. The van der Waals surface area contributed by atoms with Gasteiger partial charge in [-0.3, -0.25) is 4.79 Å². The second kappa shape index (κ2) is 6.00. The van der Waals surface area contributed by atoms with E-state index in [2.05, 4.69) is 12.2 Å². The highest BCUT2D eigenvalue weighted by molar-refractivity contribution is 5.95. The van der Waals surface area contributed by atoms with E-state index < -0.39 is 0 Å². The molecule has 0 fully saturated rings. The summed E-state index contributed by atoms with van der Waals surface area (Å²) in [6.45, 7) is 2.78. The molecule has 0 aromatic heterocycles. The van der Waals surface area contributed by atoms with Gasteiger partial charge in [0.1, 0.15) is 5.75 Å². The molecular weight excluding hydrogens is 204 g/mol. The Labute approximate surface area is 95.8 Å². The predicted molar refractivity (Wildman–Crippen MR) is 64.6 cm³/mol. The van der Waals surface area contributed by atoms with Crippen molar-refractivity contribution in [3.63, 3.8) is 0 Å². The number of amides is 1. The molecule has 88 valence electrons. The number of nitrogen functional groups attached to an aromatic ring is 1. The van der Waals surface area contributed by atoms with Crippen molar-refractivity contribution >= 4 is 11.6 Å². The molecule has 0 unspecified atom stereocenters. The Morgan fingerprint density at radius 3 is 2.81 bits per heavy atom. The second-order valence-electron chi connectivity index (χ2n) is 3.57. The zero-order valence-electron chi connectivity index (χ0n) is 9.75. The summed E-state index contributed by atoms with van der Waals surface area (Å²) in [6, 6.07) is 5.03. The third-order valence-corrected chi connectivity index (χ3v) is 2.31. The molecule has 0 aliphatic rings. The molecule has 0 aliphatic carbocycles. The SMILES string of the molecule is CCCCNC(=O)c1ccc(OC)c(N)c1. The van der Waals surface area contributed by atoms with Crippen LogP contribution in [0.1, 0.15) is 30.1 Å². The summed E-state index contributed by atoms with van der Waals surface area (Å²) in [5.74, 6) is 0.493. The maximum Gasteiger partial charge on any atom is 0.251 e. The van der Waals surface area contributed by atoms with Crippen LogP contribution in [-0.2, 0) is 0 Å². The van der Waals surface area contributed by atoms with E-state index in [4.69, 9.17) is 10.5 Å². The number of hydrogen-bond acceptors (Lipinski definition) is 3. The van der Waals surface area contributed by atoms with Crippen LogP contribution in [0.5, 0.6) is 5.75 Å². The van der Waals surface area contributed by atoms with Crippen molar-refractivity contribution in [2.24, 2.45) is 0 Å². The number of anilines is 1. The first-order valence-corrected chi connectivity index (χ1v) is 5.40. The summed E-state index contributed by atoms with van der Waals surface area (Å²) in [7, 11) is 1.55. The summed E-state index contributed by atoms with van der Waals surface area (Å²) in [4.78, 5) is 11.7. The van der Waals surface area contributed by atoms with E-state index in [0.29, 0.717) is 23.5 Å². The van der Waals surface area contributed by atoms with Crippen LogP contribution in [0.3, 0.4) is 0 Å². The van der Waals surface area contributed by atoms with E-state index >= 15 is 0 Å². The highest BCUT2D eigenvalue weighted by Gasteiger charge is 2.07. The van der Waals surface area contributed by atoms with Gasteiger partial charge < -0.3 is 15.8 Å². The zero-order valence-corrected chi connectivity index (χ0v) is 9.75. The van der Waals surface area contributed by atoms with E-state index in [1.165, 1.54) is 0 Å². The van der Waals surface area contributed by atoms with Crippen LogP contribution in [-0.4, -0.2) is 19.6 Å². The molecule has 4 heteroatoms. The van der Waals surface area contributed by atoms with Crippen LogP contribution in [0.4, 0.5) is 5.69 Å². The highest BCUT2D eigenvalue weighted by atomic mass is 16.5. The molecule has 1 rings (SSSR count). The van der Waals surface area contributed by atoms with E-state index in [1.807, 2.05) is 0 Å². The maximum atomic E-state index is 11.7. The third-order valence-electron chi connectivity index (χ3n) is 2.31. The summed E-state index contributed by atoms with van der Waals surface area (Å²) < 4.78 is 5.02. The maximum absolute atomic E-state index is 11.7. The van der Waals surface area contributed by atoms with Crippen molar-refractivity contribution in [1.29, 1.82) is 0 Å². The molecule has 0 atom stereocenters. The Balaban J connectivity index is 2.66. The highest BCUT2D eigenvalue weighted by Crippen LogP contribution is 2.21. The first-order valence-electron chi connectivity index (χ1n) is 5.40. The van der Waals surface area contributed by atoms with Gasteiger partial charge in [-0.15, -0.1) is 0 Å². The molecule has 0 saturated heterocycles. The molecule has 0 radical (unpaired) electrons. The van der Waals surface area contributed by atoms with Gasteiger partial charge in [-0.25, -0.2) is 0 Å². The Hall–Kier alpha value is -1.71. The predicted octanol–water partition coefficient (Wildman–Crippen LogP) is 1.81. The Morgan fingerprint density at radius 1 is 1.50 bits per heavy atom. The largest absolute Gasteiger partial charge is 0.495 e. The van der Waals surface area contributed by atoms with Gasteiger partial charge in [0.25, 0.3) is 5.91 Å². The fourth-order valence-electron chi connectivity index (χ4n) is 1.36.